The summed E-state index contributed by atoms with van der Waals surface area (Å²) in [6.45, 7) is 0. The Labute approximate surface area is 96.9 Å². The lowest BCUT2D eigenvalue weighted by Gasteiger charge is -2.21. The maximum absolute atomic E-state index is 12.3. The Balaban J connectivity index is 1.93. The van der Waals surface area contributed by atoms with Crippen LogP contribution in [0.25, 0.3) is 0 Å². The first-order valence-electron chi connectivity index (χ1n) is 5.91. The van der Waals surface area contributed by atoms with Crippen molar-refractivity contribution in [2.24, 2.45) is 29.6 Å². The summed E-state index contributed by atoms with van der Waals surface area (Å²) in [5.41, 5.74) is 0. The third-order valence-corrected chi connectivity index (χ3v) is 6.71. The van der Waals surface area contributed by atoms with Gasteiger partial charge in [0, 0.05) is 17.8 Å². The Bertz CT molecular complexity index is 391. The van der Waals surface area contributed by atoms with Gasteiger partial charge in [-0.1, -0.05) is 15.9 Å². The topological polar surface area (TPSA) is 34.1 Å². The van der Waals surface area contributed by atoms with E-state index >= 15 is 0 Å². The first kappa shape index (κ1) is 8.91. The summed E-state index contributed by atoms with van der Waals surface area (Å²) in [5.74, 6) is 2.36. The van der Waals surface area contributed by atoms with Gasteiger partial charge in [-0.2, -0.15) is 0 Å². The van der Waals surface area contributed by atoms with Crippen molar-refractivity contribution in [3.8, 4) is 0 Å². The number of hydrogen-bond donors (Lipinski definition) is 0. The van der Waals surface area contributed by atoms with E-state index in [2.05, 4.69) is 15.9 Å². The molecule has 3 heteroatoms. The van der Waals surface area contributed by atoms with E-state index in [0.29, 0.717) is 23.4 Å². The lowest BCUT2D eigenvalue weighted by molar-refractivity contribution is -0.124. The molecule has 0 heterocycles. The molecule has 6 atom stereocenters. The van der Waals surface area contributed by atoms with Crippen LogP contribution < -0.4 is 0 Å². The molecular formula is C12H13BrO2. The van der Waals surface area contributed by atoms with E-state index in [1.165, 1.54) is 0 Å². The molecule has 0 bridgehead atoms. The minimum Gasteiger partial charge on any atom is -0.299 e. The van der Waals surface area contributed by atoms with Gasteiger partial charge in [0.25, 0.3) is 0 Å². The van der Waals surface area contributed by atoms with Gasteiger partial charge in [0.05, 0.1) is 4.32 Å². The maximum Gasteiger partial charge on any atom is 0.153 e. The second-order valence-corrected chi connectivity index (χ2v) is 7.08. The molecule has 0 unspecified atom stereocenters. The number of ketones is 2. The van der Waals surface area contributed by atoms with Crippen molar-refractivity contribution in [1.29, 1.82) is 0 Å². The van der Waals surface area contributed by atoms with E-state index in [4.69, 9.17) is 0 Å². The molecule has 0 spiro atoms. The van der Waals surface area contributed by atoms with Crippen LogP contribution in [-0.4, -0.2) is 15.9 Å². The fourth-order valence-electron chi connectivity index (χ4n) is 4.96. The van der Waals surface area contributed by atoms with E-state index in [1.807, 2.05) is 0 Å². The normalized spacial score (nSPS) is 60.5. The number of rotatable bonds is 0. The van der Waals surface area contributed by atoms with Crippen molar-refractivity contribution in [3.63, 3.8) is 0 Å². The predicted octanol–water partition coefficient (Wildman–Crippen LogP) is 1.95. The molecule has 0 aromatic rings. The molecule has 0 aromatic heterocycles. The Morgan fingerprint density at radius 3 is 2.60 bits per heavy atom. The fourth-order valence-corrected chi connectivity index (χ4v) is 6.10. The molecule has 4 fully saturated rings. The van der Waals surface area contributed by atoms with Crippen LogP contribution >= 0.6 is 15.9 Å². The molecular weight excluding hydrogens is 256 g/mol. The Morgan fingerprint density at radius 2 is 1.80 bits per heavy atom. The van der Waals surface area contributed by atoms with Crippen molar-refractivity contribution in [3.05, 3.63) is 0 Å². The average molecular weight is 269 g/mol. The molecule has 4 aliphatic rings. The lowest BCUT2D eigenvalue weighted by atomic mass is 9.90. The van der Waals surface area contributed by atoms with Crippen LogP contribution in [0.15, 0.2) is 0 Å². The zero-order chi connectivity index (χ0) is 10.4. The molecule has 4 saturated carbocycles. The molecule has 0 saturated heterocycles. The van der Waals surface area contributed by atoms with Gasteiger partial charge < -0.3 is 0 Å². The fraction of sp³-hybridized carbons (Fsp3) is 0.833. The highest BCUT2D eigenvalue weighted by Crippen LogP contribution is 2.68. The third kappa shape index (κ3) is 0.748. The molecule has 0 aromatic carbocycles. The highest BCUT2D eigenvalue weighted by Gasteiger charge is 2.72. The van der Waals surface area contributed by atoms with Gasteiger partial charge in [0.15, 0.2) is 5.78 Å². The predicted molar refractivity (Wildman–Crippen MR) is 57.6 cm³/mol. The first-order valence-corrected chi connectivity index (χ1v) is 6.71. The number of halogens is 1. The van der Waals surface area contributed by atoms with Gasteiger partial charge in [-0.15, -0.1) is 0 Å². The monoisotopic (exact) mass is 268 g/mol. The van der Waals surface area contributed by atoms with Crippen LogP contribution in [-0.2, 0) is 9.59 Å². The zero-order valence-corrected chi connectivity index (χ0v) is 10.00. The van der Waals surface area contributed by atoms with Crippen LogP contribution in [0.1, 0.15) is 25.7 Å². The SMILES string of the molecule is O=C1[C@@H]2CC[C@@H]3C(=O)[C@@]4(Br)CC[C@@H]1[C@H]4[C@H]32. The molecule has 0 N–H and O–H groups in total. The molecule has 15 heavy (non-hydrogen) atoms. The van der Waals surface area contributed by atoms with Crippen LogP contribution in [0.3, 0.4) is 0 Å². The van der Waals surface area contributed by atoms with Crippen LogP contribution in [0.4, 0.5) is 0 Å². The summed E-state index contributed by atoms with van der Waals surface area (Å²) < 4.78 is -0.294. The molecule has 0 amide bonds. The summed E-state index contributed by atoms with van der Waals surface area (Å²) in [7, 11) is 0. The van der Waals surface area contributed by atoms with E-state index in [1.54, 1.807) is 0 Å². The minimum absolute atomic E-state index is 0.216. The Kier molecular flexibility index (Phi) is 1.42. The van der Waals surface area contributed by atoms with Crippen molar-refractivity contribution in [2.75, 3.05) is 0 Å². The number of Topliss-reactive ketones (excluding diaryl/α,β-unsaturated/α-hetero) is 2. The quantitative estimate of drug-likeness (QED) is 0.630. The molecule has 2 nitrogen and oxygen atoms in total. The van der Waals surface area contributed by atoms with E-state index in [9.17, 15) is 9.59 Å². The molecule has 0 radical (unpaired) electrons. The summed E-state index contributed by atoms with van der Waals surface area (Å²) in [6, 6.07) is 0. The molecule has 4 aliphatic carbocycles. The number of alkyl halides is 1. The molecule has 0 aliphatic heterocycles. The summed E-state index contributed by atoms with van der Waals surface area (Å²) in [6.07, 6.45) is 3.79. The summed E-state index contributed by atoms with van der Waals surface area (Å²) in [4.78, 5) is 24.5. The van der Waals surface area contributed by atoms with Gasteiger partial charge >= 0.3 is 0 Å². The van der Waals surface area contributed by atoms with Gasteiger partial charge in [0.2, 0.25) is 0 Å². The zero-order valence-electron chi connectivity index (χ0n) is 8.41. The van der Waals surface area contributed by atoms with Gasteiger partial charge in [-0.05, 0) is 37.5 Å². The summed E-state index contributed by atoms with van der Waals surface area (Å²) >= 11 is 3.69. The van der Waals surface area contributed by atoms with Crippen LogP contribution in [0, 0.1) is 29.6 Å². The van der Waals surface area contributed by atoms with Gasteiger partial charge in [0.1, 0.15) is 5.78 Å². The second kappa shape index (κ2) is 2.39. The van der Waals surface area contributed by atoms with E-state index in [0.717, 1.165) is 25.7 Å². The smallest absolute Gasteiger partial charge is 0.153 e. The maximum atomic E-state index is 12.3. The highest BCUT2D eigenvalue weighted by atomic mass is 79.9. The standard InChI is InChI=1S/C12H13BrO2/c13-12-4-3-7-9(12)8-5(10(7)14)1-2-6(8)11(12)15/h5-9H,1-4H2/t5-,6+,7-,8+,9+,12-/m1/s1. The largest absolute Gasteiger partial charge is 0.299 e. The van der Waals surface area contributed by atoms with Gasteiger partial charge in [-0.3, -0.25) is 9.59 Å². The average Bonchev–Trinajstić information content (AvgIpc) is 2.85. The van der Waals surface area contributed by atoms with Crippen molar-refractivity contribution < 1.29 is 9.59 Å². The van der Waals surface area contributed by atoms with Crippen molar-refractivity contribution in [2.45, 2.75) is 30.0 Å². The summed E-state index contributed by atoms with van der Waals surface area (Å²) in [5, 5.41) is 0. The molecule has 4 rings (SSSR count). The molecule has 80 valence electrons. The van der Waals surface area contributed by atoms with Crippen LogP contribution in [0.5, 0.6) is 0 Å². The van der Waals surface area contributed by atoms with E-state index < -0.39 is 0 Å². The van der Waals surface area contributed by atoms with Crippen molar-refractivity contribution in [1.82, 2.24) is 0 Å². The Hall–Kier alpha value is -0.180. The van der Waals surface area contributed by atoms with Crippen molar-refractivity contribution >= 4 is 27.5 Å². The lowest BCUT2D eigenvalue weighted by Crippen LogP contribution is -2.31. The number of hydrogen-bond acceptors (Lipinski definition) is 2. The van der Waals surface area contributed by atoms with Crippen LogP contribution in [0.2, 0.25) is 0 Å². The van der Waals surface area contributed by atoms with E-state index in [-0.39, 0.29) is 22.1 Å². The number of carbonyl (C=O) groups is 2. The third-order valence-electron chi connectivity index (χ3n) is 5.39. The minimum atomic E-state index is -0.294. The van der Waals surface area contributed by atoms with Gasteiger partial charge in [-0.25, -0.2) is 0 Å². The number of carbonyl (C=O) groups excluding carboxylic acids is 2. The first-order chi connectivity index (χ1) is 7.14. The Morgan fingerprint density at radius 1 is 1.07 bits per heavy atom. The highest BCUT2D eigenvalue weighted by molar-refractivity contribution is 9.10. The second-order valence-electron chi connectivity index (χ2n) is 5.67.